The van der Waals surface area contributed by atoms with Crippen LogP contribution in [0, 0.1) is 17.3 Å². The highest BCUT2D eigenvalue weighted by molar-refractivity contribution is 5.82. The largest absolute Gasteiger partial charge is 0.387 e. The predicted octanol–water partition coefficient (Wildman–Crippen LogP) is 3.22. The third-order valence-corrected chi connectivity index (χ3v) is 3.71. The first-order chi connectivity index (χ1) is 6.95. The highest BCUT2D eigenvalue weighted by Crippen LogP contribution is 2.39. The van der Waals surface area contributed by atoms with Crippen molar-refractivity contribution in [3.8, 4) is 0 Å². The standard InChI is InChI=1S/C13H26N2/c1-5-15-12(14)10-6-8-11(9-7-10)13(2,3)4/h10-11H,5-9H2,1-4H3,(H2,14,15). The molecule has 0 aromatic heterocycles. The van der Waals surface area contributed by atoms with Gasteiger partial charge in [-0.2, -0.15) is 0 Å². The van der Waals surface area contributed by atoms with E-state index in [4.69, 9.17) is 5.73 Å². The highest BCUT2D eigenvalue weighted by atomic mass is 14.9. The second-order valence-corrected chi connectivity index (χ2v) is 5.81. The maximum absolute atomic E-state index is 5.96. The van der Waals surface area contributed by atoms with Gasteiger partial charge in [-0.05, 0) is 43.9 Å². The van der Waals surface area contributed by atoms with Crippen LogP contribution in [0.3, 0.4) is 0 Å². The lowest BCUT2D eigenvalue weighted by Crippen LogP contribution is -2.32. The Morgan fingerprint density at radius 1 is 1.20 bits per heavy atom. The first-order valence-electron chi connectivity index (χ1n) is 6.25. The highest BCUT2D eigenvalue weighted by Gasteiger charge is 2.30. The number of rotatable bonds is 2. The summed E-state index contributed by atoms with van der Waals surface area (Å²) in [6.45, 7) is 9.92. The second kappa shape index (κ2) is 5.00. The van der Waals surface area contributed by atoms with Gasteiger partial charge in [-0.15, -0.1) is 0 Å². The summed E-state index contributed by atoms with van der Waals surface area (Å²) in [6.07, 6.45) is 5.09. The molecular weight excluding hydrogens is 184 g/mol. The molecule has 15 heavy (non-hydrogen) atoms. The molecule has 0 aromatic carbocycles. The first-order valence-corrected chi connectivity index (χ1v) is 6.25. The van der Waals surface area contributed by atoms with Crippen LogP contribution in [0.4, 0.5) is 0 Å². The first kappa shape index (κ1) is 12.5. The van der Waals surface area contributed by atoms with Crippen LogP contribution in [0.25, 0.3) is 0 Å². The molecule has 0 heterocycles. The molecule has 1 aliphatic carbocycles. The Labute approximate surface area is 94.3 Å². The third-order valence-electron chi connectivity index (χ3n) is 3.71. The van der Waals surface area contributed by atoms with Crippen LogP contribution in [0.5, 0.6) is 0 Å². The maximum Gasteiger partial charge on any atom is 0.0968 e. The minimum Gasteiger partial charge on any atom is -0.387 e. The van der Waals surface area contributed by atoms with E-state index in [1.807, 2.05) is 6.92 Å². The van der Waals surface area contributed by atoms with Crippen LogP contribution in [0.1, 0.15) is 53.4 Å². The third kappa shape index (κ3) is 3.51. The van der Waals surface area contributed by atoms with Crippen molar-refractivity contribution in [2.24, 2.45) is 28.0 Å². The summed E-state index contributed by atoms with van der Waals surface area (Å²) in [5, 5.41) is 0. The topological polar surface area (TPSA) is 38.4 Å². The minimum absolute atomic E-state index is 0.460. The number of nitrogens with zero attached hydrogens (tertiary/aromatic N) is 1. The molecule has 2 nitrogen and oxygen atoms in total. The zero-order valence-electron chi connectivity index (χ0n) is 10.7. The van der Waals surface area contributed by atoms with E-state index in [0.29, 0.717) is 11.3 Å². The van der Waals surface area contributed by atoms with Crippen molar-refractivity contribution in [3.05, 3.63) is 0 Å². The molecule has 0 amide bonds. The van der Waals surface area contributed by atoms with Gasteiger partial charge in [0.1, 0.15) is 0 Å². The van der Waals surface area contributed by atoms with Crippen LogP contribution >= 0.6 is 0 Å². The smallest absolute Gasteiger partial charge is 0.0968 e. The number of hydrogen-bond acceptors (Lipinski definition) is 1. The molecule has 1 aliphatic rings. The van der Waals surface area contributed by atoms with Crippen molar-refractivity contribution in [2.75, 3.05) is 6.54 Å². The Hall–Kier alpha value is -0.530. The molecular formula is C13H26N2. The van der Waals surface area contributed by atoms with E-state index in [2.05, 4.69) is 25.8 Å². The molecule has 2 N–H and O–H groups in total. The van der Waals surface area contributed by atoms with E-state index < -0.39 is 0 Å². The van der Waals surface area contributed by atoms with Crippen molar-refractivity contribution >= 4 is 5.84 Å². The monoisotopic (exact) mass is 210 g/mol. The quantitative estimate of drug-likeness (QED) is 0.551. The summed E-state index contributed by atoms with van der Waals surface area (Å²) in [5.41, 5.74) is 6.42. The summed E-state index contributed by atoms with van der Waals surface area (Å²) in [7, 11) is 0. The fourth-order valence-electron chi connectivity index (χ4n) is 2.57. The molecule has 0 radical (unpaired) electrons. The summed E-state index contributed by atoms with van der Waals surface area (Å²) in [4.78, 5) is 4.33. The summed E-state index contributed by atoms with van der Waals surface area (Å²) >= 11 is 0. The molecule has 1 fully saturated rings. The van der Waals surface area contributed by atoms with Crippen LogP contribution in [0.2, 0.25) is 0 Å². The Kier molecular flexibility index (Phi) is 4.18. The average molecular weight is 210 g/mol. The van der Waals surface area contributed by atoms with Gasteiger partial charge < -0.3 is 5.73 Å². The van der Waals surface area contributed by atoms with E-state index in [1.165, 1.54) is 25.7 Å². The van der Waals surface area contributed by atoms with Crippen LogP contribution in [-0.2, 0) is 0 Å². The Morgan fingerprint density at radius 3 is 2.13 bits per heavy atom. The van der Waals surface area contributed by atoms with Crippen molar-refractivity contribution in [1.29, 1.82) is 0 Å². The molecule has 88 valence electrons. The van der Waals surface area contributed by atoms with Gasteiger partial charge in [0.05, 0.1) is 5.84 Å². The lowest BCUT2D eigenvalue weighted by molar-refractivity contribution is 0.166. The second-order valence-electron chi connectivity index (χ2n) is 5.81. The SMILES string of the molecule is CCN=C(N)C1CCC(C(C)(C)C)CC1. The molecule has 0 bridgehead atoms. The van der Waals surface area contributed by atoms with Crippen molar-refractivity contribution in [2.45, 2.75) is 53.4 Å². The van der Waals surface area contributed by atoms with Gasteiger partial charge in [-0.1, -0.05) is 20.8 Å². The molecule has 2 heteroatoms. The van der Waals surface area contributed by atoms with Gasteiger partial charge in [0.2, 0.25) is 0 Å². The molecule has 0 saturated heterocycles. The van der Waals surface area contributed by atoms with E-state index in [1.54, 1.807) is 0 Å². The van der Waals surface area contributed by atoms with E-state index in [-0.39, 0.29) is 0 Å². The van der Waals surface area contributed by atoms with E-state index in [0.717, 1.165) is 18.3 Å². The molecule has 1 rings (SSSR count). The van der Waals surface area contributed by atoms with E-state index >= 15 is 0 Å². The Morgan fingerprint density at radius 2 is 1.73 bits per heavy atom. The van der Waals surface area contributed by atoms with Gasteiger partial charge in [0, 0.05) is 12.5 Å². The summed E-state index contributed by atoms with van der Waals surface area (Å²) < 4.78 is 0. The van der Waals surface area contributed by atoms with Crippen molar-refractivity contribution in [1.82, 2.24) is 0 Å². The Balaban J connectivity index is 2.46. The lowest BCUT2D eigenvalue weighted by Gasteiger charge is -2.36. The lowest BCUT2D eigenvalue weighted by atomic mass is 9.69. The van der Waals surface area contributed by atoms with Crippen LogP contribution in [0.15, 0.2) is 4.99 Å². The van der Waals surface area contributed by atoms with Gasteiger partial charge >= 0.3 is 0 Å². The average Bonchev–Trinajstić information content (AvgIpc) is 2.17. The molecule has 0 aliphatic heterocycles. The van der Waals surface area contributed by atoms with E-state index in [9.17, 15) is 0 Å². The summed E-state index contributed by atoms with van der Waals surface area (Å²) in [6, 6.07) is 0. The van der Waals surface area contributed by atoms with Crippen molar-refractivity contribution in [3.63, 3.8) is 0 Å². The fraction of sp³-hybridized carbons (Fsp3) is 0.923. The maximum atomic E-state index is 5.96. The van der Waals surface area contributed by atoms with Gasteiger partial charge in [0.15, 0.2) is 0 Å². The van der Waals surface area contributed by atoms with Crippen LogP contribution < -0.4 is 5.73 Å². The molecule has 0 unspecified atom stereocenters. The number of hydrogen-bond donors (Lipinski definition) is 1. The molecule has 0 aromatic rings. The van der Waals surface area contributed by atoms with Gasteiger partial charge in [-0.25, -0.2) is 0 Å². The fourth-order valence-corrected chi connectivity index (χ4v) is 2.57. The number of amidine groups is 1. The Bertz CT molecular complexity index is 217. The van der Waals surface area contributed by atoms with Gasteiger partial charge in [-0.3, -0.25) is 4.99 Å². The zero-order chi connectivity index (χ0) is 11.5. The molecule has 1 saturated carbocycles. The summed E-state index contributed by atoms with van der Waals surface area (Å²) in [5.74, 6) is 2.32. The number of aliphatic imine (C=N–C) groups is 1. The predicted molar refractivity (Wildman–Crippen MR) is 67.1 cm³/mol. The van der Waals surface area contributed by atoms with Crippen LogP contribution in [-0.4, -0.2) is 12.4 Å². The zero-order valence-corrected chi connectivity index (χ0v) is 10.7. The van der Waals surface area contributed by atoms with Gasteiger partial charge in [0.25, 0.3) is 0 Å². The minimum atomic E-state index is 0.460. The molecule has 0 atom stereocenters. The van der Waals surface area contributed by atoms with Crippen molar-refractivity contribution < 1.29 is 0 Å². The molecule has 0 spiro atoms. The number of nitrogens with two attached hydrogens (primary N) is 1. The normalized spacial score (nSPS) is 29.2.